The van der Waals surface area contributed by atoms with Crippen LogP contribution in [-0.4, -0.2) is 46.9 Å². The Balaban J connectivity index is 2.55. The molecule has 0 bridgehead atoms. The van der Waals surface area contributed by atoms with Crippen LogP contribution in [0.2, 0.25) is 0 Å². The molecule has 2 heterocycles. The van der Waals surface area contributed by atoms with Crippen LogP contribution in [0.25, 0.3) is 0 Å². The van der Waals surface area contributed by atoms with Crippen molar-refractivity contribution in [1.29, 1.82) is 0 Å². The molecule has 4 nitrogen and oxygen atoms in total. The van der Waals surface area contributed by atoms with Gasteiger partial charge in [0.25, 0.3) is 0 Å². The van der Waals surface area contributed by atoms with Crippen molar-refractivity contribution in [1.82, 2.24) is 9.80 Å². The monoisotopic (exact) mass is 349 g/mol. The van der Waals surface area contributed by atoms with Crippen LogP contribution in [0.3, 0.4) is 0 Å². The normalized spacial score (nSPS) is 23.0. The average Bonchev–Trinajstić information content (AvgIpc) is 2.39. The second-order valence-corrected chi connectivity index (χ2v) is 6.25. The molecule has 8 heteroatoms. The van der Waals surface area contributed by atoms with Crippen molar-refractivity contribution in [2.24, 2.45) is 4.99 Å². The number of amidine groups is 1. The predicted octanol–water partition coefficient (Wildman–Crippen LogP) is 3.65. The first-order valence-corrected chi connectivity index (χ1v) is 7.77. The Morgan fingerprint density at radius 3 is 2.52 bits per heavy atom. The summed E-state index contributed by atoms with van der Waals surface area (Å²) >= 11 is 6.04. The minimum atomic E-state index is -4.45. The number of hydrogen-bond donors (Lipinski definition) is 0. The van der Waals surface area contributed by atoms with Crippen LogP contribution in [0, 0.1) is 0 Å². The van der Waals surface area contributed by atoms with Gasteiger partial charge in [-0.1, -0.05) is 17.7 Å². The van der Waals surface area contributed by atoms with Gasteiger partial charge in [-0.2, -0.15) is 13.2 Å². The maximum absolute atomic E-state index is 12.9. The van der Waals surface area contributed by atoms with Crippen LogP contribution in [0.15, 0.2) is 28.0 Å². The lowest BCUT2D eigenvalue weighted by molar-refractivity contribution is -0.160. The molecule has 0 radical (unpaired) electrons. The number of nitrogens with zero attached hydrogens (tertiary/aromatic N) is 3. The second kappa shape index (κ2) is 6.55. The highest BCUT2D eigenvalue weighted by molar-refractivity contribution is 6.30. The second-order valence-electron chi connectivity index (χ2n) is 5.86. The maximum atomic E-state index is 12.9. The summed E-state index contributed by atoms with van der Waals surface area (Å²) in [5, 5.41) is 0.227. The Hall–Kier alpha value is -1.50. The lowest BCUT2D eigenvalue weighted by Crippen LogP contribution is -2.60. The fourth-order valence-corrected chi connectivity index (χ4v) is 3.00. The molecule has 2 aliphatic heterocycles. The Morgan fingerprint density at radius 1 is 1.35 bits per heavy atom. The summed E-state index contributed by atoms with van der Waals surface area (Å²) in [7, 11) is 1.48. The van der Waals surface area contributed by atoms with Gasteiger partial charge in [-0.05, 0) is 32.8 Å². The van der Waals surface area contributed by atoms with E-state index in [0.717, 1.165) is 0 Å². The molecule has 0 aromatic heterocycles. The van der Waals surface area contributed by atoms with E-state index in [1.807, 2.05) is 6.08 Å². The highest BCUT2D eigenvalue weighted by Gasteiger charge is 2.46. The maximum Gasteiger partial charge on any atom is 0.391 e. The van der Waals surface area contributed by atoms with E-state index < -0.39 is 24.5 Å². The number of hydrogen-bond acceptors (Lipinski definition) is 3. The third-order valence-corrected chi connectivity index (χ3v) is 4.04. The van der Waals surface area contributed by atoms with Gasteiger partial charge in [-0.25, -0.2) is 4.99 Å². The zero-order valence-electron chi connectivity index (χ0n) is 13.2. The first-order chi connectivity index (χ1) is 10.6. The fraction of sp³-hybridized carbons (Fsp3) is 0.600. The third-order valence-electron chi connectivity index (χ3n) is 3.80. The molecule has 0 saturated carbocycles. The number of alkyl halides is 3. The molecular weight excluding hydrogens is 331 g/mol. The minimum absolute atomic E-state index is 0.227. The van der Waals surface area contributed by atoms with Gasteiger partial charge in [0.1, 0.15) is 11.2 Å². The zero-order valence-corrected chi connectivity index (χ0v) is 13.9. The molecule has 0 N–H and O–H groups in total. The average molecular weight is 350 g/mol. The van der Waals surface area contributed by atoms with E-state index in [9.17, 15) is 18.0 Å². The number of aliphatic imine (C=N–C) groups is 1. The summed E-state index contributed by atoms with van der Waals surface area (Å²) in [5.41, 5.74) is 0.508. The van der Waals surface area contributed by atoms with Crippen molar-refractivity contribution < 1.29 is 18.0 Å². The molecule has 2 aliphatic rings. The topological polar surface area (TPSA) is 35.9 Å². The molecule has 1 unspecified atom stereocenters. The van der Waals surface area contributed by atoms with Gasteiger partial charge in [0.2, 0.25) is 5.91 Å². The zero-order chi connectivity index (χ0) is 17.4. The minimum Gasteiger partial charge on any atom is -0.340 e. The number of carbonyl (C=O) groups excluding carboxylic acids is 1. The van der Waals surface area contributed by atoms with Gasteiger partial charge >= 0.3 is 6.18 Å². The molecule has 128 valence electrons. The summed E-state index contributed by atoms with van der Waals surface area (Å²) in [5.74, 6) is -0.265. The molecule has 2 rings (SSSR count). The fourth-order valence-electron chi connectivity index (χ4n) is 2.81. The van der Waals surface area contributed by atoms with Crippen LogP contribution >= 0.6 is 11.6 Å². The Kier molecular flexibility index (Phi) is 5.08. The standard InChI is InChI=1S/C15H19ClF3N3O/c1-9(2)22-11(8-15(17,18)19)14(23)21(3)10-6-4-5-7-12(16)20-13(10)22/h6-7,9,11H,4-5,8H2,1-3H3. The largest absolute Gasteiger partial charge is 0.391 e. The van der Waals surface area contributed by atoms with Crippen LogP contribution in [-0.2, 0) is 4.79 Å². The van der Waals surface area contributed by atoms with E-state index in [-0.39, 0.29) is 11.2 Å². The summed E-state index contributed by atoms with van der Waals surface area (Å²) in [6, 6.07) is -1.66. The van der Waals surface area contributed by atoms with Crippen molar-refractivity contribution in [3.63, 3.8) is 0 Å². The van der Waals surface area contributed by atoms with E-state index in [1.165, 1.54) is 16.8 Å². The van der Waals surface area contributed by atoms with E-state index in [0.29, 0.717) is 24.4 Å². The van der Waals surface area contributed by atoms with Crippen molar-refractivity contribution in [2.45, 2.75) is 51.4 Å². The number of halogens is 4. The Bertz CT molecular complexity index is 581. The molecule has 23 heavy (non-hydrogen) atoms. The first-order valence-electron chi connectivity index (χ1n) is 7.39. The molecule has 1 saturated heterocycles. The van der Waals surface area contributed by atoms with Crippen molar-refractivity contribution >= 4 is 23.3 Å². The predicted molar refractivity (Wildman–Crippen MR) is 82.9 cm³/mol. The summed E-state index contributed by atoms with van der Waals surface area (Å²) in [6.45, 7) is 3.47. The van der Waals surface area contributed by atoms with E-state index in [4.69, 9.17) is 11.6 Å². The quantitative estimate of drug-likeness (QED) is 0.713. The van der Waals surface area contributed by atoms with E-state index in [1.54, 1.807) is 19.9 Å². The summed E-state index contributed by atoms with van der Waals surface area (Å²) < 4.78 is 38.8. The third kappa shape index (κ3) is 3.88. The van der Waals surface area contributed by atoms with Crippen molar-refractivity contribution in [2.75, 3.05) is 7.05 Å². The number of likely N-dealkylation sites (N-methyl/N-ethyl adjacent to an activating group) is 1. The van der Waals surface area contributed by atoms with Crippen LogP contribution in [0.4, 0.5) is 13.2 Å². The smallest absolute Gasteiger partial charge is 0.340 e. The van der Waals surface area contributed by atoms with Crippen molar-refractivity contribution in [3.05, 3.63) is 23.0 Å². The van der Waals surface area contributed by atoms with Gasteiger partial charge in [0.15, 0.2) is 5.84 Å². The van der Waals surface area contributed by atoms with Crippen molar-refractivity contribution in [3.8, 4) is 0 Å². The molecule has 1 amide bonds. The van der Waals surface area contributed by atoms with Crippen LogP contribution in [0.1, 0.15) is 33.1 Å². The lowest BCUT2D eigenvalue weighted by atomic mass is 10.0. The van der Waals surface area contributed by atoms with Gasteiger partial charge in [0, 0.05) is 13.1 Å². The Labute approximate surface area is 138 Å². The summed E-state index contributed by atoms with van der Waals surface area (Å²) in [4.78, 5) is 19.4. The molecule has 1 atom stereocenters. The molecule has 0 aromatic carbocycles. The SMILES string of the molecule is CC(C)N1C2=NC(Cl)=CCCC=C2N(C)C(=O)C1CC(F)(F)F. The molecule has 0 spiro atoms. The number of carbonyl (C=O) groups is 1. The Morgan fingerprint density at radius 2 is 1.96 bits per heavy atom. The number of rotatable bonds is 2. The van der Waals surface area contributed by atoms with Gasteiger partial charge < -0.3 is 9.80 Å². The lowest BCUT2D eigenvalue weighted by Gasteiger charge is -2.45. The van der Waals surface area contributed by atoms with Gasteiger partial charge in [0.05, 0.1) is 12.1 Å². The van der Waals surface area contributed by atoms with Gasteiger partial charge in [-0.3, -0.25) is 4.79 Å². The van der Waals surface area contributed by atoms with E-state index >= 15 is 0 Å². The molecule has 0 aromatic rings. The molecular formula is C15H19ClF3N3O. The van der Waals surface area contributed by atoms with Gasteiger partial charge in [-0.15, -0.1) is 0 Å². The molecule has 0 aliphatic carbocycles. The number of piperazine rings is 1. The van der Waals surface area contributed by atoms with Crippen LogP contribution < -0.4 is 0 Å². The summed E-state index contributed by atoms with van der Waals surface area (Å²) in [6.07, 6.45) is -0.836. The molecule has 1 fully saturated rings. The number of fused-ring (bicyclic) bond motifs is 1. The number of allylic oxidation sites excluding steroid dienone is 2. The van der Waals surface area contributed by atoms with E-state index in [2.05, 4.69) is 4.99 Å². The highest BCUT2D eigenvalue weighted by atomic mass is 35.5. The first kappa shape index (κ1) is 17.8. The number of amides is 1. The highest BCUT2D eigenvalue weighted by Crippen LogP contribution is 2.33. The van der Waals surface area contributed by atoms with Crippen LogP contribution in [0.5, 0.6) is 0 Å².